The molecule has 0 heterocycles. The van der Waals surface area contributed by atoms with Crippen LogP contribution in [-0.2, 0) is 13.2 Å². The van der Waals surface area contributed by atoms with E-state index in [0.717, 1.165) is 23.5 Å². The predicted molar refractivity (Wildman–Crippen MR) is 72.7 cm³/mol. The molecule has 2 N–H and O–H groups in total. The molecule has 0 bridgehead atoms. The third kappa shape index (κ3) is 3.02. The summed E-state index contributed by atoms with van der Waals surface area (Å²) in [5.41, 5.74) is 3.05. The van der Waals surface area contributed by atoms with E-state index in [9.17, 15) is 5.11 Å². The first-order chi connectivity index (χ1) is 8.83. The molecule has 2 aromatic rings. The number of anilines is 1. The third-order valence-electron chi connectivity index (χ3n) is 2.83. The van der Waals surface area contributed by atoms with Crippen LogP contribution >= 0.6 is 0 Å². The van der Waals surface area contributed by atoms with Crippen molar-refractivity contribution in [1.29, 1.82) is 0 Å². The van der Waals surface area contributed by atoms with Gasteiger partial charge in [0.15, 0.2) is 0 Å². The fraction of sp³-hybridized carbons (Fsp3) is 0.200. The van der Waals surface area contributed by atoms with Crippen LogP contribution in [0.25, 0.3) is 0 Å². The summed E-state index contributed by atoms with van der Waals surface area (Å²) in [7, 11) is 1.66. The van der Waals surface area contributed by atoms with Gasteiger partial charge in [0.2, 0.25) is 0 Å². The lowest BCUT2D eigenvalue weighted by Gasteiger charge is -2.10. The minimum Gasteiger partial charge on any atom is -0.497 e. The number of benzene rings is 2. The van der Waals surface area contributed by atoms with Crippen molar-refractivity contribution in [1.82, 2.24) is 0 Å². The molecule has 3 nitrogen and oxygen atoms in total. The molecule has 0 fully saturated rings. The predicted octanol–water partition coefficient (Wildman–Crippen LogP) is 2.80. The maximum atomic E-state index is 9.23. The average Bonchev–Trinajstić information content (AvgIpc) is 2.46. The van der Waals surface area contributed by atoms with Gasteiger partial charge in [-0.05, 0) is 23.8 Å². The molecule has 0 spiro atoms. The summed E-state index contributed by atoms with van der Waals surface area (Å²) < 4.78 is 5.11. The molecule has 0 radical (unpaired) electrons. The van der Waals surface area contributed by atoms with Gasteiger partial charge in [-0.25, -0.2) is 0 Å². The van der Waals surface area contributed by atoms with E-state index in [2.05, 4.69) is 5.32 Å². The lowest BCUT2D eigenvalue weighted by atomic mass is 10.1. The van der Waals surface area contributed by atoms with E-state index in [1.807, 2.05) is 48.5 Å². The highest BCUT2D eigenvalue weighted by Gasteiger charge is 2.00. The fourth-order valence-electron chi connectivity index (χ4n) is 1.77. The molecule has 0 amide bonds. The molecular formula is C15H17NO2. The van der Waals surface area contributed by atoms with E-state index in [-0.39, 0.29) is 6.61 Å². The SMILES string of the molecule is COc1ccc(CNc2ccccc2CO)cc1. The summed E-state index contributed by atoms with van der Waals surface area (Å²) in [6.45, 7) is 0.771. The summed E-state index contributed by atoms with van der Waals surface area (Å²) in [4.78, 5) is 0. The van der Waals surface area contributed by atoms with Crippen LogP contribution in [0.15, 0.2) is 48.5 Å². The van der Waals surface area contributed by atoms with Crippen LogP contribution < -0.4 is 10.1 Å². The third-order valence-corrected chi connectivity index (χ3v) is 2.83. The van der Waals surface area contributed by atoms with Crippen molar-refractivity contribution >= 4 is 5.69 Å². The number of hydrogen-bond donors (Lipinski definition) is 2. The number of aliphatic hydroxyl groups is 1. The van der Waals surface area contributed by atoms with Crippen LogP contribution in [-0.4, -0.2) is 12.2 Å². The number of ether oxygens (including phenoxy) is 1. The molecule has 0 saturated carbocycles. The second kappa shape index (κ2) is 6.07. The zero-order valence-electron chi connectivity index (χ0n) is 10.4. The number of methoxy groups -OCH3 is 1. The van der Waals surface area contributed by atoms with Crippen molar-refractivity contribution in [3.8, 4) is 5.75 Å². The van der Waals surface area contributed by atoms with Crippen LogP contribution in [0, 0.1) is 0 Å². The molecule has 0 aliphatic rings. The first-order valence-electron chi connectivity index (χ1n) is 5.89. The highest BCUT2D eigenvalue weighted by Crippen LogP contribution is 2.17. The molecule has 0 saturated heterocycles. The molecule has 0 aliphatic heterocycles. The van der Waals surface area contributed by atoms with Gasteiger partial charge in [-0.3, -0.25) is 0 Å². The van der Waals surface area contributed by atoms with E-state index in [1.165, 1.54) is 5.56 Å². The highest BCUT2D eigenvalue weighted by molar-refractivity contribution is 5.51. The van der Waals surface area contributed by atoms with Gasteiger partial charge < -0.3 is 15.2 Å². The molecule has 2 rings (SSSR count). The van der Waals surface area contributed by atoms with E-state index in [0.29, 0.717) is 0 Å². The molecular weight excluding hydrogens is 226 g/mol. The largest absolute Gasteiger partial charge is 0.497 e. The van der Waals surface area contributed by atoms with E-state index >= 15 is 0 Å². The Balaban J connectivity index is 2.02. The van der Waals surface area contributed by atoms with Crippen LogP contribution in [0.3, 0.4) is 0 Å². The lowest BCUT2D eigenvalue weighted by molar-refractivity contribution is 0.282. The van der Waals surface area contributed by atoms with Gasteiger partial charge in [-0.15, -0.1) is 0 Å². The van der Waals surface area contributed by atoms with Crippen molar-refractivity contribution in [3.05, 3.63) is 59.7 Å². The van der Waals surface area contributed by atoms with Gasteiger partial charge in [0.1, 0.15) is 5.75 Å². The van der Waals surface area contributed by atoms with Gasteiger partial charge in [-0.1, -0.05) is 30.3 Å². The number of para-hydroxylation sites is 1. The monoisotopic (exact) mass is 243 g/mol. The van der Waals surface area contributed by atoms with Crippen molar-refractivity contribution in [3.63, 3.8) is 0 Å². The van der Waals surface area contributed by atoms with E-state index in [1.54, 1.807) is 7.11 Å². The smallest absolute Gasteiger partial charge is 0.118 e. The van der Waals surface area contributed by atoms with Gasteiger partial charge in [0.05, 0.1) is 13.7 Å². The molecule has 0 aliphatic carbocycles. The maximum Gasteiger partial charge on any atom is 0.118 e. The normalized spacial score (nSPS) is 10.1. The second-order valence-corrected chi connectivity index (χ2v) is 4.02. The summed E-state index contributed by atoms with van der Waals surface area (Å²) >= 11 is 0. The first-order valence-corrected chi connectivity index (χ1v) is 5.89. The molecule has 0 aromatic heterocycles. The molecule has 18 heavy (non-hydrogen) atoms. The summed E-state index contributed by atoms with van der Waals surface area (Å²) in [5.74, 6) is 0.856. The standard InChI is InChI=1S/C15H17NO2/c1-18-14-8-6-12(7-9-14)10-16-15-5-3-2-4-13(15)11-17/h2-9,16-17H,10-11H2,1H3. The van der Waals surface area contributed by atoms with Crippen molar-refractivity contribution in [2.24, 2.45) is 0 Å². The number of aliphatic hydroxyl groups excluding tert-OH is 1. The highest BCUT2D eigenvalue weighted by atomic mass is 16.5. The Labute approximate surface area is 107 Å². The van der Waals surface area contributed by atoms with Crippen LogP contribution in [0.1, 0.15) is 11.1 Å². The first kappa shape index (κ1) is 12.5. The summed E-state index contributed by atoms with van der Waals surface area (Å²) in [6.07, 6.45) is 0. The average molecular weight is 243 g/mol. The summed E-state index contributed by atoms with van der Waals surface area (Å²) in [5, 5.41) is 12.5. The van der Waals surface area contributed by atoms with E-state index < -0.39 is 0 Å². The Kier molecular flexibility index (Phi) is 4.20. The van der Waals surface area contributed by atoms with Crippen LogP contribution in [0.5, 0.6) is 5.75 Å². The molecule has 2 aromatic carbocycles. The maximum absolute atomic E-state index is 9.23. The molecule has 94 valence electrons. The van der Waals surface area contributed by atoms with Crippen molar-refractivity contribution in [2.45, 2.75) is 13.2 Å². The van der Waals surface area contributed by atoms with Gasteiger partial charge in [-0.2, -0.15) is 0 Å². The second-order valence-electron chi connectivity index (χ2n) is 4.02. The minimum absolute atomic E-state index is 0.0474. The Hall–Kier alpha value is -2.00. The Morgan fingerprint density at radius 3 is 2.44 bits per heavy atom. The molecule has 0 unspecified atom stereocenters. The quantitative estimate of drug-likeness (QED) is 0.848. The van der Waals surface area contributed by atoms with Gasteiger partial charge in [0.25, 0.3) is 0 Å². The van der Waals surface area contributed by atoms with Crippen molar-refractivity contribution in [2.75, 3.05) is 12.4 Å². The van der Waals surface area contributed by atoms with Gasteiger partial charge in [0, 0.05) is 17.8 Å². The van der Waals surface area contributed by atoms with Crippen molar-refractivity contribution < 1.29 is 9.84 Å². The zero-order chi connectivity index (χ0) is 12.8. The van der Waals surface area contributed by atoms with Crippen LogP contribution in [0.4, 0.5) is 5.69 Å². The molecule has 3 heteroatoms. The summed E-state index contributed by atoms with van der Waals surface area (Å²) in [6, 6.07) is 15.7. The number of nitrogens with one attached hydrogen (secondary N) is 1. The molecule has 0 atom stereocenters. The Morgan fingerprint density at radius 2 is 1.78 bits per heavy atom. The Bertz CT molecular complexity index is 494. The number of rotatable bonds is 5. The van der Waals surface area contributed by atoms with Crippen LogP contribution in [0.2, 0.25) is 0 Å². The minimum atomic E-state index is 0.0474. The van der Waals surface area contributed by atoms with Gasteiger partial charge >= 0.3 is 0 Å². The fourth-order valence-corrected chi connectivity index (χ4v) is 1.77. The zero-order valence-corrected chi connectivity index (χ0v) is 10.4. The lowest BCUT2D eigenvalue weighted by Crippen LogP contribution is -2.02. The van der Waals surface area contributed by atoms with E-state index in [4.69, 9.17) is 4.74 Å². The number of hydrogen-bond acceptors (Lipinski definition) is 3. The Morgan fingerprint density at radius 1 is 1.06 bits per heavy atom. The topological polar surface area (TPSA) is 41.5 Å².